The Bertz CT molecular complexity index is 1400. The number of hydrogen-bond donors (Lipinski definition) is 0. The summed E-state index contributed by atoms with van der Waals surface area (Å²) in [5, 5.41) is 13.6. The summed E-state index contributed by atoms with van der Waals surface area (Å²) in [5.74, 6) is 1.21. The molecule has 2 aromatic carbocycles. The first-order valence-electron chi connectivity index (χ1n) is 11.2. The van der Waals surface area contributed by atoms with Crippen molar-refractivity contribution >= 4 is 15.7 Å². The van der Waals surface area contributed by atoms with Crippen molar-refractivity contribution in [2.24, 2.45) is 10.3 Å². The highest BCUT2D eigenvalue weighted by Crippen LogP contribution is 2.33. The molecule has 0 N–H and O–H groups in total. The highest BCUT2D eigenvalue weighted by atomic mass is 32.2. The van der Waals surface area contributed by atoms with Gasteiger partial charge in [-0.1, -0.05) is 37.2 Å². The van der Waals surface area contributed by atoms with Crippen LogP contribution in [0.25, 0.3) is 22.8 Å². The Kier molecular flexibility index (Phi) is 6.53. The van der Waals surface area contributed by atoms with Crippen molar-refractivity contribution in [2.45, 2.75) is 46.6 Å². The molecular formula is C25H26N4O4S. The van der Waals surface area contributed by atoms with E-state index in [0.717, 1.165) is 16.7 Å². The molecule has 176 valence electrons. The molecule has 34 heavy (non-hydrogen) atoms. The fourth-order valence-corrected chi connectivity index (χ4v) is 5.43. The van der Waals surface area contributed by atoms with Crippen LogP contribution < -0.4 is 4.74 Å². The predicted molar refractivity (Wildman–Crippen MR) is 129 cm³/mol. The Labute approximate surface area is 199 Å². The summed E-state index contributed by atoms with van der Waals surface area (Å²) >= 11 is 0. The van der Waals surface area contributed by atoms with Gasteiger partial charge in [0.05, 0.1) is 23.1 Å². The zero-order valence-corrected chi connectivity index (χ0v) is 20.4. The van der Waals surface area contributed by atoms with E-state index in [1.165, 1.54) is 0 Å². The van der Waals surface area contributed by atoms with Gasteiger partial charge in [-0.25, -0.2) is 8.42 Å². The van der Waals surface area contributed by atoms with Gasteiger partial charge < -0.3 is 9.26 Å². The summed E-state index contributed by atoms with van der Waals surface area (Å²) in [6, 6.07) is 12.9. The van der Waals surface area contributed by atoms with E-state index in [9.17, 15) is 13.7 Å². The number of benzene rings is 2. The van der Waals surface area contributed by atoms with Gasteiger partial charge in [-0.15, -0.1) is 0 Å². The average Bonchev–Trinajstić information content (AvgIpc) is 3.40. The maximum Gasteiger partial charge on any atom is 0.258 e. The van der Waals surface area contributed by atoms with E-state index in [2.05, 4.69) is 20.6 Å². The summed E-state index contributed by atoms with van der Waals surface area (Å²) in [6.45, 7) is 7.51. The van der Waals surface area contributed by atoms with Crippen molar-refractivity contribution in [2.75, 3.05) is 5.75 Å². The number of sulfonamides is 1. The van der Waals surface area contributed by atoms with Gasteiger partial charge in [0.15, 0.2) is 0 Å². The van der Waals surface area contributed by atoms with E-state index < -0.39 is 10.0 Å². The average molecular weight is 479 g/mol. The van der Waals surface area contributed by atoms with Crippen LogP contribution in [0, 0.1) is 17.2 Å². The quantitative estimate of drug-likeness (QED) is 0.479. The molecule has 0 amide bonds. The van der Waals surface area contributed by atoms with Gasteiger partial charge in [-0.3, -0.25) is 0 Å². The Morgan fingerprint density at radius 1 is 1.15 bits per heavy atom. The molecule has 9 heteroatoms. The van der Waals surface area contributed by atoms with Crippen molar-refractivity contribution < 1.29 is 17.7 Å². The van der Waals surface area contributed by atoms with Gasteiger partial charge in [-0.2, -0.15) is 14.6 Å². The van der Waals surface area contributed by atoms with Crippen molar-refractivity contribution in [1.29, 1.82) is 5.26 Å². The first kappa shape index (κ1) is 23.6. The van der Waals surface area contributed by atoms with Crippen LogP contribution in [0.1, 0.15) is 50.8 Å². The third kappa shape index (κ3) is 5.02. The second-order valence-electron chi connectivity index (χ2n) is 8.92. The fraction of sp³-hybridized carbons (Fsp3) is 0.360. The molecule has 0 bridgehead atoms. The smallest absolute Gasteiger partial charge is 0.258 e. The molecule has 0 unspecified atom stereocenters. The number of nitrogens with zero attached hydrogens (tertiary/aromatic N) is 4. The molecule has 1 aliphatic rings. The molecule has 0 aliphatic heterocycles. The first-order valence-corrected chi connectivity index (χ1v) is 12.8. The summed E-state index contributed by atoms with van der Waals surface area (Å²) < 4.78 is 40.1. The zero-order valence-electron chi connectivity index (χ0n) is 19.6. The highest BCUT2D eigenvalue weighted by Gasteiger charge is 2.25. The molecule has 3 aromatic rings. The number of rotatable bonds is 7. The van der Waals surface area contributed by atoms with Crippen LogP contribution in [-0.4, -0.2) is 36.1 Å². The lowest BCUT2D eigenvalue weighted by Crippen LogP contribution is -2.11. The van der Waals surface area contributed by atoms with Crippen molar-refractivity contribution in [3.8, 4) is 34.7 Å². The Balaban J connectivity index is 1.66. The minimum atomic E-state index is -3.53. The van der Waals surface area contributed by atoms with E-state index in [1.807, 2.05) is 45.9 Å². The van der Waals surface area contributed by atoms with Crippen LogP contribution in [0.3, 0.4) is 0 Å². The van der Waals surface area contributed by atoms with E-state index in [1.54, 1.807) is 18.2 Å². The molecule has 0 spiro atoms. The van der Waals surface area contributed by atoms with Crippen LogP contribution in [0.2, 0.25) is 0 Å². The summed E-state index contributed by atoms with van der Waals surface area (Å²) in [4.78, 5) is 4.55. The third-order valence-corrected chi connectivity index (χ3v) is 6.85. The SMILES string of the molecule is CC(C)CS(=O)(=O)N=C1CCc2c1cccc2-c1noc(-c2ccc(OC(C)C)c(C#N)c2)n1. The van der Waals surface area contributed by atoms with E-state index in [4.69, 9.17) is 9.26 Å². The van der Waals surface area contributed by atoms with Crippen LogP contribution in [-0.2, 0) is 16.4 Å². The number of fused-ring (bicyclic) bond motifs is 1. The van der Waals surface area contributed by atoms with Crippen molar-refractivity contribution in [3.05, 3.63) is 53.1 Å². The van der Waals surface area contributed by atoms with Crippen LogP contribution >= 0.6 is 0 Å². The largest absolute Gasteiger partial charge is 0.490 e. The third-order valence-electron chi connectivity index (χ3n) is 5.27. The number of nitriles is 1. The Morgan fingerprint density at radius 2 is 1.91 bits per heavy atom. The zero-order chi connectivity index (χ0) is 24.5. The summed E-state index contributed by atoms with van der Waals surface area (Å²) in [5.41, 5.74) is 4.10. The summed E-state index contributed by atoms with van der Waals surface area (Å²) in [7, 11) is -3.53. The molecule has 8 nitrogen and oxygen atoms in total. The normalized spacial score (nSPS) is 14.6. The van der Waals surface area contributed by atoms with Gasteiger partial charge in [0.25, 0.3) is 15.9 Å². The lowest BCUT2D eigenvalue weighted by Gasteiger charge is -2.11. The molecule has 1 aliphatic carbocycles. The molecule has 0 saturated carbocycles. The lowest BCUT2D eigenvalue weighted by atomic mass is 10.0. The molecule has 0 atom stereocenters. The second-order valence-corrected chi connectivity index (χ2v) is 10.6. The molecule has 0 fully saturated rings. The maximum absolute atomic E-state index is 12.4. The highest BCUT2D eigenvalue weighted by molar-refractivity contribution is 7.90. The summed E-state index contributed by atoms with van der Waals surface area (Å²) in [6.07, 6.45) is 1.13. The number of aromatic nitrogens is 2. The Hall–Kier alpha value is -3.51. The topological polar surface area (TPSA) is 118 Å². The van der Waals surface area contributed by atoms with Crippen LogP contribution in [0.4, 0.5) is 0 Å². The number of ether oxygens (including phenoxy) is 1. The van der Waals surface area contributed by atoms with E-state index in [0.29, 0.717) is 41.3 Å². The van der Waals surface area contributed by atoms with Gasteiger partial charge in [0.2, 0.25) is 5.82 Å². The maximum atomic E-state index is 12.4. The molecule has 1 heterocycles. The second kappa shape index (κ2) is 9.39. The molecule has 1 aromatic heterocycles. The lowest BCUT2D eigenvalue weighted by molar-refractivity contribution is 0.241. The fourth-order valence-electron chi connectivity index (χ4n) is 3.99. The van der Waals surface area contributed by atoms with Crippen molar-refractivity contribution in [3.63, 3.8) is 0 Å². The van der Waals surface area contributed by atoms with Gasteiger partial charge in [0.1, 0.15) is 11.8 Å². The minimum absolute atomic E-state index is 0.00635. The van der Waals surface area contributed by atoms with E-state index >= 15 is 0 Å². The van der Waals surface area contributed by atoms with Gasteiger partial charge in [-0.05, 0) is 56.4 Å². The van der Waals surface area contributed by atoms with Crippen LogP contribution in [0.5, 0.6) is 5.75 Å². The predicted octanol–water partition coefficient (Wildman–Crippen LogP) is 4.78. The molecular weight excluding hydrogens is 452 g/mol. The van der Waals surface area contributed by atoms with E-state index in [-0.39, 0.29) is 23.7 Å². The standard InChI is InChI=1S/C25H26N4O4S/c1-15(2)14-34(30,31)29-22-10-9-19-20(22)6-5-7-21(19)24-27-25(33-28-24)17-8-11-23(32-16(3)4)18(12-17)13-26/h5-8,11-12,15-16H,9-10,14H2,1-4H3. The van der Waals surface area contributed by atoms with Gasteiger partial charge in [0, 0.05) is 16.7 Å². The van der Waals surface area contributed by atoms with Crippen molar-refractivity contribution in [1.82, 2.24) is 10.1 Å². The van der Waals surface area contributed by atoms with Gasteiger partial charge >= 0.3 is 0 Å². The first-order chi connectivity index (χ1) is 16.2. The molecule has 0 radical (unpaired) electrons. The molecule has 4 rings (SSSR count). The van der Waals surface area contributed by atoms with Crippen LogP contribution in [0.15, 0.2) is 45.3 Å². The monoisotopic (exact) mass is 478 g/mol. The Morgan fingerprint density at radius 3 is 2.62 bits per heavy atom. The molecule has 0 saturated heterocycles. The number of hydrogen-bond acceptors (Lipinski definition) is 7. The minimum Gasteiger partial charge on any atom is -0.490 e.